The first kappa shape index (κ1) is 16.8. The van der Waals surface area contributed by atoms with Crippen molar-refractivity contribution < 1.29 is 0 Å². The number of hydrogen-bond acceptors (Lipinski definition) is 4. The third-order valence-corrected chi connectivity index (χ3v) is 4.64. The van der Waals surface area contributed by atoms with Gasteiger partial charge in [0.2, 0.25) is 0 Å². The zero-order valence-electron chi connectivity index (χ0n) is 14.0. The summed E-state index contributed by atoms with van der Waals surface area (Å²) in [6.07, 6.45) is 13.2. The molecule has 0 amide bonds. The van der Waals surface area contributed by atoms with E-state index in [1.807, 2.05) is 0 Å². The second kappa shape index (κ2) is 8.76. The van der Waals surface area contributed by atoms with Gasteiger partial charge < -0.3 is 10.2 Å². The largest absolute Gasteiger partial charge is 0.348 e. The fourth-order valence-electron chi connectivity index (χ4n) is 3.37. The molecule has 0 aromatic carbocycles. The van der Waals surface area contributed by atoms with Gasteiger partial charge in [0.15, 0.2) is 0 Å². The maximum absolute atomic E-state index is 3.82. The number of hydrogen-bond donors (Lipinski definition) is 3. The summed E-state index contributed by atoms with van der Waals surface area (Å²) in [5.74, 6) is -0.0374. The Morgan fingerprint density at radius 3 is 2.86 bits per heavy atom. The van der Waals surface area contributed by atoms with Gasteiger partial charge in [0, 0.05) is 25.6 Å². The summed E-state index contributed by atoms with van der Waals surface area (Å²) in [5.41, 5.74) is 0. The van der Waals surface area contributed by atoms with E-state index in [4.69, 9.17) is 0 Å². The van der Waals surface area contributed by atoms with Gasteiger partial charge in [0.05, 0.1) is 0 Å². The Hall–Kier alpha value is -0.580. The van der Waals surface area contributed by atoms with Gasteiger partial charge in [0.25, 0.3) is 0 Å². The van der Waals surface area contributed by atoms with Crippen LogP contribution in [0.1, 0.15) is 58.8 Å². The molecule has 4 nitrogen and oxygen atoms in total. The number of nitrogens with zero attached hydrogens (tertiary/aromatic N) is 1. The Morgan fingerprint density at radius 2 is 2.05 bits per heavy atom. The van der Waals surface area contributed by atoms with E-state index in [1.165, 1.54) is 32.1 Å². The third kappa shape index (κ3) is 4.70. The molecule has 0 radical (unpaired) electrons. The van der Waals surface area contributed by atoms with Gasteiger partial charge in [0.1, 0.15) is 5.79 Å². The molecule has 0 aromatic heterocycles. The van der Waals surface area contributed by atoms with Crippen molar-refractivity contribution >= 4 is 0 Å². The third-order valence-electron chi connectivity index (χ3n) is 4.64. The second-order valence-corrected chi connectivity index (χ2v) is 6.44. The average Bonchev–Trinajstić information content (AvgIpc) is 2.67. The van der Waals surface area contributed by atoms with Crippen LogP contribution in [0.3, 0.4) is 0 Å². The molecule has 0 aliphatic carbocycles. The number of nitrogens with one attached hydrogen (secondary N) is 3. The van der Waals surface area contributed by atoms with E-state index in [0.29, 0.717) is 6.04 Å². The summed E-state index contributed by atoms with van der Waals surface area (Å²) in [6.45, 7) is 9.02. The average molecular weight is 294 g/mol. The molecule has 1 saturated heterocycles. The van der Waals surface area contributed by atoms with E-state index in [0.717, 1.165) is 39.0 Å². The quantitative estimate of drug-likeness (QED) is 0.601. The van der Waals surface area contributed by atoms with Gasteiger partial charge in [-0.3, -0.25) is 10.6 Å². The van der Waals surface area contributed by atoms with E-state index >= 15 is 0 Å². The van der Waals surface area contributed by atoms with Crippen molar-refractivity contribution in [1.82, 2.24) is 20.9 Å². The SMILES string of the molecule is CCCCNC1CC=CN2CCCNC2(NCCCC)C1. The van der Waals surface area contributed by atoms with Crippen LogP contribution >= 0.6 is 0 Å². The molecule has 2 aliphatic heterocycles. The highest BCUT2D eigenvalue weighted by Crippen LogP contribution is 2.25. The van der Waals surface area contributed by atoms with Crippen LogP contribution in [0.2, 0.25) is 0 Å². The van der Waals surface area contributed by atoms with E-state index in [9.17, 15) is 0 Å². The molecule has 4 heteroatoms. The van der Waals surface area contributed by atoms with Gasteiger partial charge in [-0.1, -0.05) is 32.8 Å². The van der Waals surface area contributed by atoms with Gasteiger partial charge >= 0.3 is 0 Å². The van der Waals surface area contributed by atoms with Gasteiger partial charge in [-0.15, -0.1) is 0 Å². The van der Waals surface area contributed by atoms with Gasteiger partial charge in [-0.05, 0) is 45.0 Å². The lowest BCUT2D eigenvalue weighted by Gasteiger charge is -2.48. The maximum Gasteiger partial charge on any atom is 0.147 e. The smallest absolute Gasteiger partial charge is 0.147 e. The molecule has 0 aromatic rings. The van der Waals surface area contributed by atoms with E-state index in [-0.39, 0.29) is 5.79 Å². The molecule has 1 fully saturated rings. The molecule has 3 N–H and O–H groups in total. The molecule has 0 bridgehead atoms. The van der Waals surface area contributed by atoms with Crippen LogP contribution in [0.15, 0.2) is 12.3 Å². The van der Waals surface area contributed by atoms with Gasteiger partial charge in [-0.25, -0.2) is 0 Å². The lowest BCUT2D eigenvalue weighted by molar-refractivity contribution is 0.0238. The predicted octanol–water partition coefficient (Wildman–Crippen LogP) is 2.39. The molecule has 0 saturated carbocycles. The Bertz CT molecular complexity index is 318. The molecule has 2 aliphatic rings. The number of rotatable bonds is 8. The van der Waals surface area contributed by atoms with E-state index in [2.05, 4.69) is 47.0 Å². The topological polar surface area (TPSA) is 39.3 Å². The summed E-state index contributed by atoms with van der Waals surface area (Å²) in [7, 11) is 0. The number of fused-ring (bicyclic) bond motifs is 1. The second-order valence-electron chi connectivity index (χ2n) is 6.44. The van der Waals surface area contributed by atoms with E-state index in [1.54, 1.807) is 0 Å². The zero-order valence-corrected chi connectivity index (χ0v) is 14.0. The molecule has 2 atom stereocenters. The van der Waals surface area contributed by atoms with Crippen LogP contribution in [-0.2, 0) is 0 Å². The van der Waals surface area contributed by atoms with Crippen molar-refractivity contribution in [2.24, 2.45) is 0 Å². The summed E-state index contributed by atoms with van der Waals surface area (Å²) >= 11 is 0. The molecule has 122 valence electrons. The van der Waals surface area contributed by atoms with Crippen LogP contribution in [0.5, 0.6) is 0 Å². The lowest BCUT2D eigenvalue weighted by atomic mass is 10.0. The fourth-order valence-corrected chi connectivity index (χ4v) is 3.37. The molecule has 2 heterocycles. The minimum Gasteiger partial charge on any atom is -0.348 e. The highest BCUT2D eigenvalue weighted by molar-refractivity contribution is 5.03. The first-order valence-electron chi connectivity index (χ1n) is 8.97. The van der Waals surface area contributed by atoms with Crippen molar-refractivity contribution in [2.75, 3.05) is 26.2 Å². The fraction of sp³-hybridized carbons (Fsp3) is 0.882. The molecule has 0 spiro atoms. The first-order chi connectivity index (χ1) is 10.3. The van der Waals surface area contributed by atoms with Crippen molar-refractivity contribution in [3.8, 4) is 0 Å². The van der Waals surface area contributed by atoms with Crippen molar-refractivity contribution in [3.05, 3.63) is 12.3 Å². The standard InChI is InChI=1S/C17H34N4/c1-3-5-10-18-16-9-7-13-21-14-8-12-20-17(21,15-16)19-11-6-4-2/h7,13,16,18-20H,3-6,8-12,14-15H2,1-2H3. The van der Waals surface area contributed by atoms with Crippen molar-refractivity contribution in [3.63, 3.8) is 0 Å². The molecular weight excluding hydrogens is 260 g/mol. The minimum atomic E-state index is -0.0374. The van der Waals surface area contributed by atoms with E-state index < -0.39 is 0 Å². The highest BCUT2D eigenvalue weighted by atomic mass is 15.5. The lowest BCUT2D eigenvalue weighted by Crippen LogP contribution is -2.70. The molecule has 2 unspecified atom stereocenters. The monoisotopic (exact) mass is 294 g/mol. The Balaban J connectivity index is 1.99. The summed E-state index contributed by atoms with van der Waals surface area (Å²) in [5, 5.41) is 11.4. The number of unbranched alkanes of at least 4 members (excludes halogenated alkanes) is 2. The molecular formula is C17H34N4. The van der Waals surface area contributed by atoms with Crippen LogP contribution in [0.4, 0.5) is 0 Å². The normalized spacial score (nSPS) is 29.2. The zero-order chi connectivity index (χ0) is 15.0. The summed E-state index contributed by atoms with van der Waals surface area (Å²) in [6, 6.07) is 0.567. The molecule has 2 rings (SSSR count). The minimum absolute atomic E-state index is 0.0374. The Kier molecular flexibility index (Phi) is 7.00. The summed E-state index contributed by atoms with van der Waals surface area (Å²) in [4.78, 5) is 2.49. The molecule has 21 heavy (non-hydrogen) atoms. The Labute approximate surface area is 130 Å². The van der Waals surface area contributed by atoms with Crippen LogP contribution in [0.25, 0.3) is 0 Å². The van der Waals surface area contributed by atoms with Crippen LogP contribution in [-0.4, -0.2) is 42.9 Å². The summed E-state index contributed by atoms with van der Waals surface area (Å²) < 4.78 is 0. The van der Waals surface area contributed by atoms with Crippen molar-refractivity contribution in [1.29, 1.82) is 0 Å². The highest BCUT2D eigenvalue weighted by Gasteiger charge is 2.39. The predicted molar refractivity (Wildman–Crippen MR) is 90.0 cm³/mol. The van der Waals surface area contributed by atoms with Crippen molar-refractivity contribution in [2.45, 2.75) is 70.6 Å². The van der Waals surface area contributed by atoms with Crippen LogP contribution in [0, 0.1) is 0 Å². The Morgan fingerprint density at radius 1 is 1.24 bits per heavy atom. The van der Waals surface area contributed by atoms with Crippen LogP contribution < -0.4 is 16.0 Å². The van der Waals surface area contributed by atoms with Gasteiger partial charge in [-0.2, -0.15) is 0 Å². The maximum atomic E-state index is 3.82. The first-order valence-corrected chi connectivity index (χ1v) is 8.97.